The molecular weight excluding hydrogens is 354 g/mol. The molecule has 1 fully saturated rings. The van der Waals surface area contributed by atoms with Crippen molar-refractivity contribution in [3.63, 3.8) is 0 Å². The number of amides is 1. The molecule has 3 rings (SSSR count). The van der Waals surface area contributed by atoms with Crippen molar-refractivity contribution in [1.82, 2.24) is 24.6 Å². The number of nitrogens with one attached hydrogen (secondary N) is 1. The van der Waals surface area contributed by atoms with E-state index in [0.717, 1.165) is 5.56 Å². The molecule has 0 radical (unpaired) electrons. The van der Waals surface area contributed by atoms with Gasteiger partial charge in [-0.3, -0.25) is 4.79 Å². The Morgan fingerprint density at radius 3 is 2.38 bits per heavy atom. The van der Waals surface area contributed by atoms with Gasteiger partial charge in [0.25, 0.3) is 0 Å². The summed E-state index contributed by atoms with van der Waals surface area (Å²) in [6.45, 7) is 1.20. The minimum absolute atomic E-state index is 0.0563. The van der Waals surface area contributed by atoms with Crippen molar-refractivity contribution in [1.29, 1.82) is 0 Å². The molecule has 1 atom stereocenters. The highest BCUT2D eigenvalue weighted by Gasteiger charge is 2.30. The predicted octanol–water partition coefficient (Wildman–Crippen LogP) is 0.807. The van der Waals surface area contributed by atoms with E-state index in [-0.39, 0.29) is 17.9 Å². The maximum Gasteiger partial charge on any atom is 0.223 e. The van der Waals surface area contributed by atoms with Crippen LogP contribution in [0, 0.1) is 5.92 Å². The van der Waals surface area contributed by atoms with Gasteiger partial charge in [0.15, 0.2) is 0 Å². The van der Waals surface area contributed by atoms with Crippen molar-refractivity contribution >= 4 is 15.9 Å². The lowest BCUT2D eigenvalue weighted by molar-refractivity contribution is -0.127. The molecule has 26 heavy (non-hydrogen) atoms. The third-order valence-electron chi connectivity index (χ3n) is 4.62. The maximum atomic E-state index is 12.7. The summed E-state index contributed by atoms with van der Waals surface area (Å²) in [5.41, 5.74) is 0.978. The molecule has 1 aliphatic rings. The van der Waals surface area contributed by atoms with Gasteiger partial charge in [-0.05, 0) is 18.4 Å². The molecule has 1 aromatic heterocycles. The molecule has 0 bridgehead atoms. The summed E-state index contributed by atoms with van der Waals surface area (Å²) in [6.07, 6.45) is 5.46. The van der Waals surface area contributed by atoms with Crippen LogP contribution >= 0.6 is 0 Å². The molecule has 9 heteroatoms. The van der Waals surface area contributed by atoms with E-state index in [1.54, 1.807) is 17.2 Å². The fraction of sp³-hybridized carbons (Fsp3) is 0.471. The maximum absolute atomic E-state index is 12.7. The number of aromatic nitrogens is 3. The first-order valence-corrected chi connectivity index (χ1v) is 10.4. The molecule has 2 aromatic rings. The van der Waals surface area contributed by atoms with E-state index in [9.17, 15) is 13.2 Å². The minimum Gasteiger partial charge on any atom is -0.347 e. The van der Waals surface area contributed by atoms with Gasteiger partial charge in [0.2, 0.25) is 15.9 Å². The molecule has 0 spiro atoms. The van der Waals surface area contributed by atoms with E-state index in [4.69, 9.17) is 0 Å². The first-order chi connectivity index (χ1) is 12.4. The zero-order valence-electron chi connectivity index (χ0n) is 14.7. The van der Waals surface area contributed by atoms with E-state index in [2.05, 4.69) is 15.5 Å². The van der Waals surface area contributed by atoms with Crippen molar-refractivity contribution in [2.75, 3.05) is 19.3 Å². The van der Waals surface area contributed by atoms with Crippen molar-refractivity contribution in [2.24, 2.45) is 5.92 Å². The predicted molar refractivity (Wildman–Crippen MR) is 96.5 cm³/mol. The molecule has 1 aromatic carbocycles. The summed E-state index contributed by atoms with van der Waals surface area (Å²) >= 11 is 0. The average molecular weight is 377 g/mol. The van der Waals surface area contributed by atoms with Gasteiger partial charge in [0.1, 0.15) is 0 Å². The van der Waals surface area contributed by atoms with Gasteiger partial charge in [-0.1, -0.05) is 30.3 Å². The van der Waals surface area contributed by atoms with E-state index < -0.39 is 10.0 Å². The highest BCUT2D eigenvalue weighted by Crippen LogP contribution is 2.21. The van der Waals surface area contributed by atoms with Crippen LogP contribution in [0.25, 0.3) is 0 Å². The highest BCUT2D eigenvalue weighted by atomic mass is 32.2. The van der Waals surface area contributed by atoms with Crippen LogP contribution in [-0.4, -0.2) is 53.0 Å². The molecule has 1 N–H and O–H groups in total. The number of piperidine rings is 1. The lowest BCUT2D eigenvalue weighted by atomic mass is 9.96. The van der Waals surface area contributed by atoms with E-state index in [1.165, 1.54) is 10.6 Å². The topological polar surface area (TPSA) is 97.2 Å². The molecule has 1 amide bonds. The fourth-order valence-electron chi connectivity index (χ4n) is 3.16. The van der Waals surface area contributed by atoms with Crippen LogP contribution in [0.2, 0.25) is 0 Å². The Kier molecular flexibility index (Phi) is 5.67. The SMILES string of the molecule is CS(=O)(=O)N1CCC(C(=O)N[C@H](Cn2nccn2)c2ccccc2)CC1. The van der Waals surface area contributed by atoms with E-state index in [0.29, 0.717) is 32.5 Å². The zero-order chi connectivity index (χ0) is 18.6. The number of hydrogen-bond acceptors (Lipinski definition) is 5. The molecule has 2 heterocycles. The van der Waals surface area contributed by atoms with Gasteiger partial charge >= 0.3 is 0 Å². The quantitative estimate of drug-likeness (QED) is 0.803. The van der Waals surface area contributed by atoms with Gasteiger partial charge in [0.05, 0.1) is 31.2 Å². The van der Waals surface area contributed by atoms with Gasteiger partial charge in [-0.25, -0.2) is 12.7 Å². The lowest BCUT2D eigenvalue weighted by Gasteiger charge is -2.30. The summed E-state index contributed by atoms with van der Waals surface area (Å²) in [4.78, 5) is 14.3. The van der Waals surface area contributed by atoms with Crippen LogP contribution in [0.15, 0.2) is 42.7 Å². The molecule has 1 aliphatic heterocycles. The van der Waals surface area contributed by atoms with Crippen molar-refractivity contribution in [2.45, 2.75) is 25.4 Å². The normalized spacial score (nSPS) is 17.7. The summed E-state index contributed by atoms with van der Waals surface area (Å²) in [5.74, 6) is -0.246. The third kappa shape index (κ3) is 4.67. The minimum atomic E-state index is -3.19. The Balaban J connectivity index is 1.66. The van der Waals surface area contributed by atoms with Gasteiger partial charge in [-0.2, -0.15) is 15.0 Å². The average Bonchev–Trinajstić information content (AvgIpc) is 3.14. The molecule has 1 saturated heterocycles. The summed E-state index contributed by atoms with van der Waals surface area (Å²) in [6, 6.07) is 9.45. The Morgan fingerprint density at radius 2 is 1.81 bits per heavy atom. The van der Waals surface area contributed by atoms with E-state index >= 15 is 0 Å². The number of carbonyl (C=O) groups excluding carboxylic acids is 1. The number of rotatable bonds is 6. The van der Waals surface area contributed by atoms with Crippen LogP contribution in [0.3, 0.4) is 0 Å². The number of nitrogens with zero attached hydrogens (tertiary/aromatic N) is 4. The molecular formula is C17H23N5O3S. The standard InChI is InChI=1S/C17H23N5O3S/c1-26(24,25)21-11-7-15(8-12-21)17(23)20-16(13-22-18-9-10-19-22)14-5-3-2-4-6-14/h2-6,9-10,15-16H,7-8,11-13H2,1H3,(H,20,23)/t16-/m1/s1. The van der Waals surface area contributed by atoms with Crippen LogP contribution < -0.4 is 5.32 Å². The van der Waals surface area contributed by atoms with Crippen LogP contribution in [-0.2, 0) is 21.4 Å². The van der Waals surface area contributed by atoms with Crippen molar-refractivity contribution in [3.8, 4) is 0 Å². The van der Waals surface area contributed by atoms with Crippen molar-refractivity contribution in [3.05, 3.63) is 48.3 Å². The van der Waals surface area contributed by atoms with Gasteiger partial charge in [-0.15, -0.1) is 0 Å². The lowest BCUT2D eigenvalue weighted by Crippen LogP contribution is -2.43. The second-order valence-electron chi connectivity index (χ2n) is 6.49. The first-order valence-electron chi connectivity index (χ1n) is 8.58. The summed E-state index contributed by atoms with van der Waals surface area (Å²) in [7, 11) is -3.19. The Labute approximate surface area is 153 Å². The van der Waals surface area contributed by atoms with Crippen LogP contribution in [0.5, 0.6) is 0 Å². The monoisotopic (exact) mass is 377 g/mol. The smallest absolute Gasteiger partial charge is 0.223 e. The Morgan fingerprint density at radius 1 is 1.19 bits per heavy atom. The number of hydrogen-bond donors (Lipinski definition) is 1. The Bertz CT molecular complexity index is 815. The summed E-state index contributed by atoms with van der Waals surface area (Å²) in [5, 5.41) is 11.3. The van der Waals surface area contributed by atoms with Gasteiger partial charge in [0, 0.05) is 19.0 Å². The fourth-order valence-corrected chi connectivity index (χ4v) is 4.03. The molecule has 8 nitrogen and oxygen atoms in total. The Hall–Kier alpha value is -2.26. The van der Waals surface area contributed by atoms with E-state index in [1.807, 2.05) is 30.3 Å². The first kappa shape index (κ1) is 18.5. The van der Waals surface area contributed by atoms with Crippen LogP contribution in [0.4, 0.5) is 0 Å². The largest absolute Gasteiger partial charge is 0.347 e. The molecule has 0 aliphatic carbocycles. The molecule has 0 unspecified atom stereocenters. The zero-order valence-corrected chi connectivity index (χ0v) is 15.5. The second-order valence-corrected chi connectivity index (χ2v) is 8.47. The molecule has 140 valence electrons. The number of benzene rings is 1. The third-order valence-corrected chi connectivity index (χ3v) is 5.93. The number of sulfonamides is 1. The van der Waals surface area contributed by atoms with Gasteiger partial charge < -0.3 is 5.32 Å². The van der Waals surface area contributed by atoms with Crippen LogP contribution in [0.1, 0.15) is 24.4 Å². The second kappa shape index (κ2) is 7.96. The van der Waals surface area contributed by atoms with Crippen molar-refractivity contribution < 1.29 is 13.2 Å². The number of carbonyl (C=O) groups is 1. The molecule has 0 saturated carbocycles. The summed E-state index contributed by atoms with van der Waals surface area (Å²) < 4.78 is 24.7. The highest BCUT2D eigenvalue weighted by molar-refractivity contribution is 7.88.